The summed E-state index contributed by atoms with van der Waals surface area (Å²) in [6.45, 7) is 0. The van der Waals surface area contributed by atoms with Crippen molar-refractivity contribution in [1.82, 2.24) is 0 Å². The Balaban J connectivity index is 1.61. The maximum atomic E-state index is 12.1. The average molecular weight is 323 g/mol. The molecule has 0 saturated carbocycles. The van der Waals surface area contributed by atoms with Crippen LogP contribution in [0.3, 0.4) is 0 Å². The molecule has 0 aromatic carbocycles. The van der Waals surface area contributed by atoms with Crippen molar-refractivity contribution in [2.75, 3.05) is 14.2 Å². The number of hydrogen-bond acceptors (Lipinski definition) is 7. The van der Waals surface area contributed by atoms with Gasteiger partial charge in [0.2, 0.25) is 0 Å². The van der Waals surface area contributed by atoms with Crippen molar-refractivity contribution < 1.29 is 28.6 Å². The second kappa shape index (κ2) is 6.80. The molecule has 0 aromatic rings. The zero-order valence-electron chi connectivity index (χ0n) is 13.3. The van der Waals surface area contributed by atoms with Gasteiger partial charge in [0, 0.05) is 26.4 Å². The van der Waals surface area contributed by atoms with Gasteiger partial charge in [0.1, 0.15) is 18.0 Å². The quantitative estimate of drug-likeness (QED) is 0.542. The van der Waals surface area contributed by atoms with Gasteiger partial charge in [0.25, 0.3) is 0 Å². The third-order valence-corrected chi connectivity index (χ3v) is 4.52. The van der Waals surface area contributed by atoms with Crippen LogP contribution in [0.1, 0.15) is 32.1 Å². The Morgan fingerprint density at radius 3 is 2.87 bits per heavy atom. The monoisotopic (exact) mass is 323 g/mol. The number of rotatable bonds is 6. The Morgan fingerprint density at radius 2 is 2.26 bits per heavy atom. The SMILES string of the molecule is COC(=O)C(CC1OC1OC)C1CC(C2=CCC(=O)CC2)=NO1. The lowest BCUT2D eigenvalue weighted by atomic mass is 9.88. The molecule has 1 aliphatic carbocycles. The first-order valence-corrected chi connectivity index (χ1v) is 7.82. The van der Waals surface area contributed by atoms with Crippen molar-refractivity contribution in [1.29, 1.82) is 0 Å². The molecular formula is C16H21NO6. The summed E-state index contributed by atoms with van der Waals surface area (Å²) in [6.07, 6.45) is 3.90. The van der Waals surface area contributed by atoms with Crippen LogP contribution in [0, 0.1) is 5.92 Å². The predicted molar refractivity (Wildman–Crippen MR) is 79.7 cm³/mol. The molecule has 1 fully saturated rings. The average Bonchev–Trinajstić information content (AvgIpc) is 3.16. The number of oxime groups is 1. The first kappa shape index (κ1) is 16.1. The minimum atomic E-state index is -0.447. The molecule has 0 aromatic heterocycles. The van der Waals surface area contributed by atoms with Crippen molar-refractivity contribution in [3.63, 3.8) is 0 Å². The molecule has 0 spiro atoms. The maximum Gasteiger partial charge on any atom is 0.312 e. The molecule has 2 aliphatic heterocycles. The van der Waals surface area contributed by atoms with Gasteiger partial charge in [-0.05, 0) is 18.4 Å². The number of epoxide rings is 1. The van der Waals surface area contributed by atoms with E-state index in [1.54, 1.807) is 7.11 Å². The van der Waals surface area contributed by atoms with Gasteiger partial charge < -0.3 is 19.0 Å². The van der Waals surface area contributed by atoms with E-state index in [1.165, 1.54) is 7.11 Å². The van der Waals surface area contributed by atoms with E-state index >= 15 is 0 Å². The summed E-state index contributed by atoms with van der Waals surface area (Å²) in [4.78, 5) is 28.9. The molecule has 7 nitrogen and oxygen atoms in total. The van der Waals surface area contributed by atoms with Gasteiger partial charge in [-0.25, -0.2) is 0 Å². The molecule has 2 heterocycles. The van der Waals surface area contributed by atoms with E-state index in [-0.39, 0.29) is 30.3 Å². The maximum absolute atomic E-state index is 12.1. The Bertz CT molecular complexity index is 555. The third kappa shape index (κ3) is 3.61. The van der Waals surface area contributed by atoms with E-state index < -0.39 is 5.92 Å². The highest BCUT2D eigenvalue weighted by atomic mass is 16.8. The van der Waals surface area contributed by atoms with Crippen LogP contribution in [0.5, 0.6) is 0 Å². The van der Waals surface area contributed by atoms with Gasteiger partial charge in [-0.15, -0.1) is 0 Å². The number of allylic oxidation sites excluding steroid dienone is 2. The van der Waals surface area contributed by atoms with Crippen LogP contribution in [0.25, 0.3) is 0 Å². The van der Waals surface area contributed by atoms with E-state index in [2.05, 4.69) is 5.16 Å². The molecule has 0 bridgehead atoms. The van der Waals surface area contributed by atoms with Crippen LogP contribution in [0.2, 0.25) is 0 Å². The molecule has 23 heavy (non-hydrogen) atoms. The summed E-state index contributed by atoms with van der Waals surface area (Å²) >= 11 is 0. The number of hydrogen-bond donors (Lipinski definition) is 0. The van der Waals surface area contributed by atoms with Crippen molar-refractivity contribution in [3.05, 3.63) is 11.6 Å². The van der Waals surface area contributed by atoms with Crippen LogP contribution in [-0.2, 0) is 28.6 Å². The minimum absolute atomic E-state index is 0.108. The van der Waals surface area contributed by atoms with E-state index in [9.17, 15) is 9.59 Å². The lowest BCUT2D eigenvalue weighted by molar-refractivity contribution is -0.151. The molecule has 1 saturated heterocycles. The van der Waals surface area contributed by atoms with Gasteiger partial charge in [0.15, 0.2) is 6.29 Å². The fraction of sp³-hybridized carbons (Fsp3) is 0.688. The molecule has 0 amide bonds. The van der Waals surface area contributed by atoms with E-state index in [0.717, 1.165) is 11.3 Å². The van der Waals surface area contributed by atoms with E-state index in [1.807, 2.05) is 6.08 Å². The number of ketones is 1. The number of ether oxygens (including phenoxy) is 3. The first-order valence-electron chi connectivity index (χ1n) is 7.82. The van der Waals surface area contributed by atoms with E-state index in [4.69, 9.17) is 19.0 Å². The van der Waals surface area contributed by atoms with Crippen LogP contribution in [0.15, 0.2) is 16.8 Å². The smallest absolute Gasteiger partial charge is 0.312 e. The second-order valence-corrected chi connectivity index (χ2v) is 6.00. The van der Waals surface area contributed by atoms with Crippen LogP contribution in [-0.4, -0.2) is 50.2 Å². The first-order chi connectivity index (χ1) is 11.1. The summed E-state index contributed by atoms with van der Waals surface area (Å²) in [5.41, 5.74) is 1.88. The highest BCUT2D eigenvalue weighted by Crippen LogP contribution is 2.34. The zero-order valence-corrected chi connectivity index (χ0v) is 13.3. The number of esters is 1. The van der Waals surface area contributed by atoms with Crippen molar-refractivity contribution in [2.24, 2.45) is 11.1 Å². The van der Waals surface area contributed by atoms with Gasteiger partial charge >= 0.3 is 5.97 Å². The number of carbonyl (C=O) groups excluding carboxylic acids is 2. The van der Waals surface area contributed by atoms with Crippen molar-refractivity contribution in [3.8, 4) is 0 Å². The summed E-state index contributed by atoms with van der Waals surface area (Å²) in [5, 5.41) is 4.13. The summed E-state index contributed by atoms with van der Waals surface area (Å²) in [5.74, 6) is -0.532. The fourth-order valence-electron chi connectivity index (χ4n) is 3.08. The molecule has 4 atom stereocenters. The van der Waals surface area contributed by atoms with Crippen LogP contribution >= 0.6 is 0 Å². The van der Waals surface area contributed by atoms with Crippen molar-refractivity contribution in [2.45, 2.75) is 50.6 Å². The normalized spacial score (nSPS) is 31.0. The Hall–Kier alpha value is -1.73. The highest BCUT2D eigenvalue weighted by molar-refractivity contribution is 6.03. The zero-order chi connectivity index (χ0) is 16.4. The van der Waals surface area contributed by atoms with Crippen LogP contribution in [0.4, 0.5) is 0 Å². The largest absolute Gasteiger partial charge is 0.469 e. The molecule has 4 unspecified atom stereocenters. The number of nitrogens with zero attached hydrogens (tertiary/aromatic N) is 1. The highest BCUT2D eigenvalue weighted by Gasteiger charge is 2.46. The van der Waals surface area contributed by atoms with Gasteiger partial charge in [-0.3, -0.25) is 9.59 Å². The summed E-state index contributed by atoms with van der Waals surface area (Å²) in [6, 6.07) is 0. The summed E-state index contributed by atoms with van der Waals surface area (Å²) < 4.78 is 15.3. The molecule has 0 radical (unpaired) electrons. The van der Waals surface area contributed by atoms with Crippen LogP contribution < -0.4 is 0 Å². The molecule has 0 N–H and O–H groups in total. The molecule has 7 heteroatoms. The Labute approximate surface area is 134 Å². The number of Topliss-reactive ketones (excluding diaryl/α,β-unsaturated/α-hetero) is 1. The Kier molecular flexibility index (Phi) is 4.77. The second-order valence-electron chi connectivity index (χ2n) is 6.00. The predicted octanol–water partition coefficient (Wildman–Crippen LogP) is 1.36. The third-order valence-electron chi connectivity index (χ3n) is 4.52. The Morgan fingerprint density at radius 1 is 1.43 bits per heavy atom. The molecule has 126 valence electrons. The van der Waals surface area contributed by atoms with E-state index in [0.29, 0.717) is 32.1 Å². The molecule has 3 aliphatic rings. The van der Waals surface area contributed by atoms with Gasteiger partial charge in [-0.2, -0.15) is 0 Å². The van der Waals surface area contributed by atoms with Gasteiger partial charge in [-0.1, -0.05) is 11.2 Å². The molecular weight excluding hydrogens is 302 g/mol. The standard InChI is InChI=1S/C16H21NO6/c1-20-15(19)11(7-14-16(21-2)22-14)13-8-12(17-23-13)9-3-5-10(18)6-4-9/h3,11,13-14,16H,4-8H2,1-2H3. The molecule has 3 rings (SSSR count). The summed E-state index contributed by atoms with van der Waals surface area (Å²) in [7, 11) is 2.94. The lowest BCUT2D eigenvalue weighted by Crippen LogP contribution is -2.31. The minimum Gasteiger partial charge on any atom is -0.469 e. The topological polar surface area (TPSA) is 86.7 Å². The lowest BCUT2D eigenvalue weighted by Gasteiger charge is -2.18. The number of methoxy groups -OCH3 is 2. The fourth-order valence-corrected chi connectivity index (χ4v) is 3.08. The number of carbonyl (C=O) groups is 2. The van der Waals surface area contributed by atoms with Crippen molar-refractivity contribution >= 4 is 17.5 Å². The van der Waals surface area contributed by atoms with Gasteiger partial charge in [0.05, 0.1) is 18.7 Å².